The standard InChI is InChI=1S/C17H26N2O2/c1-2-20-15-4-3-5-16-14(15)6-7-17(21-16)8-11-19(12-9-17)13-10-18/h3-5H,2,6-13,18H2,1H3. The molecule has 1 aromatic rings. The van der Waals surface area contributed by atoms with Gasteiger partial charge in [0.2, 0.25) is 0 Å². The van der Waals surface area contributed by atoms with E-state index in [1.165, 1.54) is 5.56 Å². The van der Waals surface area contributed by atoms with E-state index >= 15 is 0 Å². The molecule has 1 fully saturated rings. The predicted octanol–water partition coefficient (Wildman–Crippen LogP) is 2.20. The number of piperidine rings is 1. The molecule has 0 atom stereocenters. The molecule has 0 aromatic heterocycles. The average molecular weight is 290 g/mol. The summed E-state index contributed by atoms with van der Waals surface area (Å²) in [5.41, 5.74) is 6.93. The molecule has 0 amide bonds. The Hall–Kier alpha value is -1.26. The van der Waals surface area contributed by atoms with Crippen molar-refractivity contribution in [3.05, 3.63) is 23.8 Å². The Morgan fingerprint density at radius 2 is 2.10 bits per heavy atom. The van der Waals surface area contributed by atoms with Crippen LogP contribution in [-0.4, -0.2) is 43.3 Å². The zero-order valence-corrected chi connectivity index (χ0v) is 12.9. The number of nitrogens with two attached hydrogens (primary N) is 1. The van der Waals surface area contributed by atoms with Crippen molar-refractivity contribution in [1.29, 1.82) is 0 Å². The maximum Gasteiger partial charge on any atom is 0.127 e. The zero-order chi connectivity index (χ0) is 14.7. The van der Waals surface area contributed by atoms with Gasteiger partial charge in [0.25, 0.3) is 0 Å². The average Bonchev–Trinajstić information content (AvgIpc) is 2.50. The summed E-state index contributed by atoms with van der Waals surface area (Å²) < 4.78 is 12.2. The fourth-order valence-corrected chi connectivity index (χ4v) is 3.53. The van der Waals surface area contributed by atoms with Crippen molar-refractivity contribution < 1.29 is 9.47 Å². The minimum absolute atomic E-state index is 0.0307. The van der Waals surface area contributed by atoms with Crippen LogP contribution < -0.4 is 15.2 Å². The van der Waals surface area contributed by atoms with Crippen molar-refractivity contribution in [2.24, 2.45) is 5.73 Å². The van der Waals surface area contributed by atoms with Crippen molar-refractivity contribution >= 4 is 0 Å². The number of nitrogens with zero attached hydrogens (tertiary/aromatic N) is 1. The van der Waals surface area contributed by atoms with Gasteiger partial charge in [0.15, 0.2) is 0 Å². The van der Waals surface area contributed by atoms with Gasteiger partial charge >= 0.3 is 0 Å². The molecule has 2 N–H and O–H groups in total. The lowest BCUT2D eigenvalue weighted by atomic mass is 9.83. The first kappa shape index (κ1) is 14.7. The van der Waals surface area contributed by atoms with Gasteiger partial charge < -0.3 is 20.1 Å². The minimum Gasteiger partial charge on any atom is -0.493 e. The van der Waals surface area contributed by atoms with E-state index in [2.05, 4.69) is 11.0 Å². The van der Waals surface area contributed by atoms with Gasteiger partial charge in [0.1, 0.15) is 17.1 Å². The lowest BCUT2D eigenvalue weighted by Gasteiger charge is -2.44. The van der Waals surface area contributed by atoms with Gasteiger partial charge in [-0.1, -0.05) is 6.07 Å². The first-order valence-corrected chi connectivity index (χ1v) is 8.12. The highest BCUT2D eigenvalue weighted by molar-refractivity contribution is 5.46. The van der Waals surface area contributed by atoms with Gasteiger partial charge in [-0.3, -0.25) is 0 Å². The lowest BCUT2D eigenvalue weighted by molar-refractivity contribution is -0.0142. The monoisotopic (exact) mass is 290 g/mol. The molecule has 0 unspecified atom stereocenters. The molecule has 1 spiro atoms. The Morgan fingerprint density at radius 1 is 1.29 bits per heavy atom. The Bertz CT molecular complexity index is 482. The van der Waals surface area contributed by atoms with Crippen LogP contribution in [0.3, 0.4) is 0 Å². The van der Waals surface area contributed by atoms with Crippen LogP contribution in [0.2, 0.25) is 0 Å². The minimum atomic E-state index is 0.0307. The van der Waals surface area contributed by atoms with E-state index < -0.39 is 0 Å². The molecule has 2 heterocycles. The van der Waals surface area contributed by atoms with Crippen molar-refractivity contribution in [2.75, 3.05) is 32.8 Å². The predicted molar refractivity (Wildman–Crippen MR) is 84.0 cm³/mol. The third-order valence-electron chi connectivity index (χ3n) is 4.76. The molecule has 2 aliphatic rings. The summed E-state index contributed by atoms with van der Waals surface area (Å²) in [5, 5.41) is 0. The molecule has 2 aliphatic heterocycles. The number of hydrogen-bond acceptors (Lipinski definition) is 4. The molecule has 4 heteroatoms. The van der Waals surface area contributed by atoms with Crippen LogP contribution >= 0.6 is 0 Å². The highest BCUT2D eigenvalue weighted by Gasteiger charge is 2.39. The first-order valence-electron chi connectivity index (χ1n) is 8.12. The molecule has 3 rings (SSSR count). The van der Waals surface area contributed by atoms with Crippen LogP contribution in [0.25, 0.3) is 0 Å². The maximum absolute atomic E-state index is 6.44. The summed E-state index contributed by atoms with van der Waals surface area (Å²) in [6, 6.07) is 6.17. The quantitative estimate of drug-likeness (QED) is 0.923. The van der Waals surface area contributed by atoms with Crippen molar-refractivity contribution in [3.8, 4) is 11.5 Å². The SMILES string of the molecule is CCOc1cccc2c1CCC1(CCN(CCN)CC1)O2. The number of fused-ring (bicyclic) bond motifs is 1. The van der Waals surface area contributed by atoms with Crippen molar-refractivity contribution in [3.63, 3.8) is 0 Å². The van der Waals surface area contributed by atoms with Crippen LogP contribution in [0.4, 0.5) is 0 Å². The number of hydrogen-bond donors (Lipinski definition) is 1. The Morgan fingerprint density at radius 3 is 2.81 bits per heavy atom. The lowest BCUT2D eigenvalue weighted by Crippen LogP contribution is -2.50. The number of ether oxygens (including phenoxy) is 2. The third-order valence-corrected chi connectivity index (χ3v) is 4.76. The molecular formula is C17H26N2O2. The first-order chi connectivity index (χ1) is 10.3. The fraction of sp³-hybridized carbons (Fsp3) is 0.647. The second-order valence-electron chi connectivity index (χ2n) is 6.08. The Labute approximate surface area is 127 Å². The number of likely N-dealkylation sites (tertiary alicyclic amines) is 1. The summed E-state index contributed by atoms with van der Waals surface area (Å²) >= 11 is 0. The molecule has 0 aliphatic carbocycles. The summed E-state index contributed by atoms with van der Waals surface area (Å²) in [6.45, 7) is 6.66. The molecule has 4 nitrogen and oxygen atoms in total. The van der Waals surface area contributed by atoms with Crippen molar-refractivity contribution in [2.45, 2.75) is 38.2 Å². The van der Waals surface area contributed by atoms with Gasteiger partial charge in [0.05, 0.1) is 6.61 Å². The van der Waals surface area contributed by atoms with E-state index in [4.69, 9.17) is 15.2 Å². The molecular weight excluding hydrogens is 264 g/mol. The largest absolute Gasteiger partial charge is 0.493 e. The van der Waals surface area contributed by atoms with E-state index in [9.17, 15) is 0 Å². The van der Waals surface area contributed by atoms with Crippen LogP contribution in [0, 0.1) is 0 Å². The normalized spacial score (nSPS) is 20.9. The Kier molecular flexibility index (Phi) is 4.36. The highest BCUT2D eigenvalue weighted by atomic mass is 16.5. The second-order valence-corrected chi connectivity index (χ2v) is 6.08. The van der Waals surface area contributed by atoms with Crippen LogP contribution in [0.1, 0.15) is 31.7 Å². The fourth-order valence-electron chi connectivity index (χ4n) is 3.53. The van der Waals surface area contributed by atoms with Crippen LogP contribution in [0.15, 0.2) is 18.2 Å². The topological polar surface area (TPSA) is 47.7 Å². The second kappa shape index (κ2) is 6.24. The van der Waals surface area contributed by atoms with Crippen LogP contribution in [-0.2, 0) is 6.42 Å². The van der Waals surface area contributed by atoms with E-state index in [-0.39, 0.29) is 5.60 Å². The molecule has 116 valence electrons. The Balaban J connectivity index is 1.72. The molecule has 1 saturated heterocycles. The van der Waals surface area contributed by atoms with Crippen molar-refractivity contribution in [1.82, 2.24) is 4.90 Å². The van der Waals surface area contributed by atoms with E-state index in [1.807, 2.05) is 19.1 Å². The van der Waals surface area contributed by atoms with E-state index in [1.54, 1.807) is 0 Å². The van der Waals surface area contributed by atoms with Gasteiger partial charge in [-0.15, -0.1) is 0 Å². The smallest absolute Gasteiger partial charge is 0.127 e. The zero-order valence-electron chi connectivity index (χ0n) is 12.9. The summed E-state index contributed by atoms with van der Waals surface area (Å²) in [4.78, 5) is 2.45. The molecule has 1 aromatic carbocycles. The maximum atomic E-state index is 6.44. The van der Waals surface area contributed by atoms with Gasteiger partial charge in [-0.2, -0.15) is 0 Å². The molecule has 0 bridgehead atoms. The van der Waals surface area contributed by atoms with Gasteiger partial charge in [0, 0.05) is 31.7 Å². The van der Waals surface area contributed by atoms with Gasteiger partial charge in [-0.05, 0) is 44.7 Å². The third kappa shape index (κ3) is 3.01. The van der Waals surface area contributed by atoms with Crippen LogP contribution in [0.5, 0.6) is 11.5 Å². The summed E-state index contributed by atoms with van der Waals surface area (Å²) in [7, 11) is 0. The van der Waals surface area contributed by atoms with Gasteiger partial charge in [-0.25, -0.2) is 0 Å². The highest BCUT2D eigenvalue weighted by Crippen LogP contribution is 2.42. The molecule has 0 radical (unpaired) electrons. The summed E-state index contributed by atoms with van der Waals surface area (Å²) in [5.74, 6) is 2.02. The molecule has 0 saturated carbocycles. The van der Waals surface area contributed by atoms with E-state index in [0.29, 0.717) is 6.61 Å². The van der Waals surface area contributed by atoms with E-state index in [0.717, 1.165) is 63.4 Å². The number of rotatable bonds is 4. The number of benzene rings is 1. The molecule has 21 heavy (non-hydrogen) atoms. The summed E-state index contributed by atoms with van der Waals surface area (Å²) in [6.07, 6.45) is 4.36.